The molecule has 3 aliphatic heterocycles. The van der Waals surface area contributed by atoms with E-state index in [1.807, 2.05) is 18.2 Å². The van der Waals surface area contributed by atoms with Crippen molar-refractivity contribution < 1.29 is 19.1 Å². The molecule has 1 aromatic carbocycles. The van der Waals surface area contributed by atoms with Crippen LogP contribution < -0.4 is 25.0 Å². The van der Waals surface area contributed by atoms with Crippen LogP contribution in [0.15, 0.2) is 18.2 Å². The zero-order valence-electron chi connectivity index (χ0n) is 13.8. The Hall–Kier alpha value is -1.99. The summed E-state index contributed by atoms with van der Waals surface area (Å²) >= 11 is 0. The van der Waals surface area contributed by atoms with E-state index in [1.165, 1.54) is 0 Å². The number of carbonyl (C=O) groups is 2. The van der Waals surface area contributed by atoms with E-state index in [2.05, 4.69) is 10.6 Å². The third-order valence-electron chi connectivity index (χ3n) is 4.79. The van der Waals surface area contributed by atoms with Gasteiger partial charge in [0.2, 0.25) is 11.8 Å². The molecule has 0 spiro atoms. The molecule has 1 unspecified atom stereocenters. The number of amides is 2. The number of hydrogen-bond donors (Lipinski definition) is 2. The van der Waals surface area contributed by atoms with Gasteiger partial charge < -0.3 is 25.0 Å². The number of benzene rings is 1. The van der Waals surface area contributed by atoms with E-state index in [-0.39, 0.29) is 24.2 Å². The zero-order valence-corrected chi connectivity index (χ0v) is 14.6. The molecule has 1 aromatic rings. The van der Waals surface area contributed by atoms with Crippen molar-refractivity contribution in [2.24, 2.45) is 11.8 Å². The molecule has 136 valence electrons. The molecule has 2 N–H and O–H groups in total. The number of halogens is 1. The number of ether oxygens (including phenoxy) is 2. The van der Waals surface area contributed by atoms with Crippen molar-refractivity contribution in [3.63, 3.8) is 0 Å². The van der Waals surface area contributed by atoms with Crippen molar-refractivity contribution in [2.75, 3.05) is 44.3 Å². The minimum absolute atomic E-state index is 0. The number of hydrogen-bond acceptors (Lipinski definition) is 5. The van der Waals surface area contributed by atoms with Crippen LogP contribution in [0.25, 0.3) is 0 Å². The second kappa shape index (κ2) is 7.49. The Morgan fingerprint density at radius 1 is 1.24 bits per heavy atom. The van der Waals surface area contributed by atoms with Crippen LogP contribution in [0.2, 0.25) is 0 Å². The lowest BCUT2D eigenvalue weighted by Crippen LogP contribution is -2.49. The van der Waals surface area contributed by atoms with E-state index < -0.39 is 5.92 Å². The molecule has 0 saturated carbocycles. The topological polar surface area (TPSA) is 79.9 Å². The van der Waals surface area contributed by atoms with Gasteiger partial charge in [-0.25, -0.2) is 0 Å². The molecule has 0 bridgehead atoms. The minimum Gasteiger partial charge on any atom is -0.486 e. The second-order valence-electron chi connectivity index (χ2n) is 6.43. The van der Waals surface area contributed by atoms with Crippen molar-refractivity contribution in [2.45, 2.75) is 6.42 Å². The predicted octanol–water partition coefficient (Wildman–Crippen LogP) is 0.568. The molecule has 7 nitrogen and oxygen atoms in total. The molecule has 0 radical (unpaired) electrons. The third-order valence-corrected chi connectivity index (χ3v) is 4.79. The Balaban J connectivity index is 0.00000182. The summed E-state index contributed by atoms with van der Waals surface area (Å²) in [6.45, 7) is 4.09. The van der Waals surface area contributed by atoms with E-state index in [0.717, 1.165) is 18.8 Å². The van der Waals surface area contributed by atoms with Crippen molar-refractivity contribution in [3.8, 4) is 11.5 Å². The van der Waals surface area contributed by atoms with Crippen LogP contribution in [0.4, 0.5) is 5.69 Å². The molecule has 2 amide bonds. The van der Waals surface area contributed by atoms with E-state index >= 15 is 0 Å². The second-order valence-corrected chi connectivity index (χ2v) is 6.43. The number of anilines is 1. The van der Waals surface area contributed by atoms with Gasteiger partial charge in [0, 0.05) is 43.9 Å². The van der Waals surface area contributed by atoms with Crippen LogP contribution in [-0.4, -0.2) is 51.2 Å². The lowest BCUT2D eigenvalue weighted by Gasteiger charge is -2.27. The van der Waals surface area contributed by atoms with E-state index in [9.17, 15) is 9.59 Å². The normalized spacial score (nSPS) is 22.2. The third kappa shape index (κ3) is 3.52. The van der Waals surface area contributed by atoms with Crippen molar-refractivity contribution in [3.05, 3.63) is 18.2 Å². The summed E-state index contributed by atoms with van der Waals surface area (Å²) in [6, 6.07) is 5.46. The van der Waals surface area contributed by atoms with E-state index in [0.29, 0.717) is 50.1 Å². The van der Waals surface area contributed by atoms with E-state index in [1.54, 1.807) is 4.90 Å². The maximum atomic E-state index is 12.6. The average molecular weight is 368 g/mol. The maximum Gasteiger partial charge on any atom is 0.239 e. The number of nitrogens with one attached hydrogen (secondary N) is 2. The van der Waals surface area contributed by atoms with Gasteiger partial charge in [0.25, 0.3) is 0 Å². The Bertz CT molecular complexity index is 665. The van der Waals surface area contributed by atoms with Gasteiger partial charge in [-0.1, -0.05) is 0 Å². The van der Waals surface area contributed by atoms with Gasteiger partial charge >= 0.3 is 0 Å². The SMILES string of the molecule is Cl.O=C(NCC1CNC1)C1CCN(c2ccc3c(c2)OCCO3)C1=O. The highest BCUT2D eigenvalue weighted by atomic mass is 35.5. The number of fused-ring (bicyclic) bond motifs is 1. The van der Waals surface area contributed by atoms with Crippen molar-refractivity contribution in [1.82, 2.24) is 10.6 Å². The molecule has 2 saturated heterocycles. The molecule has 0 aromatic heterocycles. The van der Waals surface area contributed by atoms with Crippen LogP contribution in [0, 0.1) is 11.8 Å². The summed E-state index contributed by atoms with van der Waals surface area (Å²) in [6.07, 6.45) is 0.544. The fourth-order valence-electron chi connectivity index (χ4n) is 3.24. The fourth-order valence-corrected chi connectivity index (χ4v) is 3.24. The summed E-state index contributed by atoms with van der Waals surface area (Å²) in [4.78, 5) is 26.6. The van der Waals surface area contributed by atoms with Crippen LogP contribution in [0.5, 0.6) is 11.5 Å². The lowest BCUT2D eigenvalue weighted by molar-refractivity contribution is -0.132. The van der Waals surface area contributed by atoms with Gasteiger partial charge in [0.05, 0.1) is 0 Å². The summed E-state index contributed by atoms with van der Waals surface area (Å²) in [5.41, 5.74) is 0.753. The summed E-state index contributed by atoms with van der Waals surface area (Å²) in [7, 11) is 0. The van der Waals surface area contributed by atoms with Gasteiger partial charge in [0.1, 0.15) is 19.1 Å². The molecule has 1 atom stereocenters. The highest BCUT2D eigenvalue weighted by molar-refractivity contribution is 6.09. The van der Waals surface area contributed by atoms with Gasteiger partial charge in [0.15, 0.2) is 11.5 Å². The quantitative estimate of drug-likeness (QED) is 0.760. The first-order valence-corrected chi connectivity index (χ1v) is 8.42. The smallest absolute Gasteiger partial charge is 0.239 e. The molecular weight excluding hydrogens is 346 g/mol. The molecule has 8 heteroatoms. The number of rotatable bonds is 4. The van der Waals surface area contributed by atoms with Crippen LogP contribution in [-0.2, 0) is 9.59 Å². The Morgan fingerprint density at radius 3 is 2.72 bits per heavy atom. The van der Waals surface area contributed by atoms with Gasteiger partial charge in [-0.2, -0.15) is 0 Å². The first kappa shape index (κ1) is 17.8. The summed E-state index contributed by atoms with van der Waals surface area (Å²) in [5.74, 6) is 0.936. The molecule has 3 heterocycles. The highest BCUT2D eigenvalue weighted by Gasteiger charge is 2.38. The average Bonchev–Trinajstić information content (AvgIpc) is 2.94. The molecule has 0 aliphatic carbocycles. The molecule has 25 heavy (non-hydrogen) atoms. The Morgan fingerprint density at radius 2 is 2.00 bits per heavy atom. The number of nitrogens with zero attached hydrogens (tertiary/aromatic N) is 1. The first-order chi connectivity index (χ1) is 11.7. The fraction of sp³-hybridized carbons (Fsp3) is 0.529. The maximum absolute atomic E-state index is 12.6. The van der Waals surface area contributed by atoms with E-state index in [4.69, 9.17) is 9.47 Å². The largest absolute Gasteiger partial charge is 0.486 e. The predicted molar refractivity (Wildman–Crippen MR) is 94.5 cm³/mol. The highest BCUT2D eigenvalue weighted by Crippen LogP contribution is 2.36. The minimum atomic E-state index is -0.591. The molecule has 3 aliphatic rings. The first-order valence-electron chi connectivity index (χ1n) is 8.42. The van der Waals surface area contributed by atoms with Crippen LogP contribution in [0.1, 0.15) is 6.42 Å². The van der Waals surface area contributed by atoms with Gasteiger partial charge in [-0.15, -0.1) is 12.4 Å². The number of carbonyl (C=O) groups excluding carboxylic acids is 2. The van der Waals surface area contributed by atoms with Crippen LogP contribution >= 0.6 is 12.4 Å². The molecular formula is C17H22ClN3O4. The molecule has 4 rings (SSSR count). The summed E-state index contributed by atoms with van der Waals surface area (Å²) in [5, 5.41) is 6.08. The van der Waals surface area contributed by atoms with Gasteiger partial charge in [-0.05, 0) is 18.6 Å². The van der Waals surface area contributed by atoms with Crippen molar-refractivity contribution in [1.29, 1.82) is 0 Å². The Labute approximate surface area is 152 Å². The molecule has 2 fully saturated rings. The van der Waals surface area contributed by atoms with Crippen molar-refractivity contribution >= 4 is 29.9 Å². The lowest BCUT2D eigenvalue weighted by atomic mass is 10.0. The summed E-state index contributed by atoms with van der Waals surface area (Å²) < 4.78 is 11.1. The Kier molecular flexibility index (Phi) is 5.34. The van der Waals surface area contributed by atoms with Crippen LogP contribution in [0.3, 0.4) is 0 Å². The monoisotopic (exact) mass is 367 g/mol. The standard InChI is InChI=1S/C17H21N3O4.ClH/c21-16(19-10-11-8-18-9-11)13-3-4-20(17(13)22)12-1-2-14-15(7-12)24-6-5-23-14;/h1-2,7,11,13,18H,3-6,8-10H2,(H,19,21);1H. The zero-order chi connectivity index (χ0) is 16.5. The van der Waals surface area contributed by atoms with Gasteiger partial charge in [-0.3, -0.25) is 9.59 Å².